The van der Waals surface area contributed by atoms with E-state index in [4.69, 9.17) is 0 Å². The Balaban J connectivity index is 1.64. The molecular weight excluding hydrogens is 360 g/mol. The van der Waals surface area contributed by atoms with E-state index in [-0.39, 0.29) is 23.4 Å². The number of carbonyl (C=O) groups excluding carboxylic acids is 2. The maximum atomic E-state index is 12.9. The number of hydrogen-bond donors (Lipinski definition) is 1. The first-order chi connectivity index (χ1) is 13.5. The topological polar surface area (TPSA) is 95.8 Å². The molecule has 152 valence electrons. The van der Waals surface area contributed by atoms with Crippen LogP contribution in [-0.4, -0.2) is 59.8 Å². The number of benzene rings is 1. The van der Waals surface area contributed by atoms with Crippen molar-refractivity contribution in [3.63, 3.8) is 0 Å². The van der Waals surface area contributed by atoms with Gasteiger partial charge in [-0.3, -0.25) is 19.7 Å². The van der Waals surface area contributed by atoms with Gasteiger partial charge in [0.2, 0.25) is 5.91 Å². The minimum Gasteiger partial charge on any atom is -0.387 e. The molecule has 0 atom stereocenters. The van der Waals surface area contributed by atoms with Crippen molar-refractivity contribution in [2.24, 2.45) is 5.92 Å². The van der Waals surface area contributed by atoms with Crippen molar-refractivity contribution in [2.75, 3.05) is 38.5 Å². The van der Waals surface area contributed by atoms with Crippen LogP contribution < -0.4 is 5.32 Å². The summed E-state index contributed by atoms with van der Waals surface area (Å²) in [5.74, 6) is -0.0370. The highest BCUT2D eigenvalue weighted by Crippen LogP contribution is 2.27. The Morgan fingerprint density at radius 2 is 1.68 bits per heavy atom. The zero-order valence-corrected chi connectivity index (χ0v) is 16.4. The molecule has 3 rings (SSSR count). The number of piperidine rings is 1. The standard InChI is InChI=1S/C20H28N4O4/c1-21-18-7-6-16(24(27)28)14-17(18)20(26)23-12-8-15(9-13-23)19(25)22-10-4-2-3-5-11-22/h6-7,14-15,21H,2-5,8-13H2,1H3. The van der Waals surface area contributed by atoms with E-state index in [9.17, 15) is 19.7 Å². The van der Waals surface area contributed by atoms with Crippen molar-refractivity contribution >= 4 is 23.2 Å². The average molecular weight is 388 g/mol. The van der Waals surface area contributed by atoms with Crippen LogP contribution in [0.1, 0.15) is 48.9 Å². The molecule has 2 heterocycles. The van der Waals surface area contributed by atoms with Gasteiger partial charge in [-0.2, -0.15) is 0 Å². The molecule has 0 saturated carbocycles. The molecule has 2 aliphatic rings. The molecule has 8 nitrogen and oxygen atoms in total. The zero-order valence-electron chi connectivity index (χ0n) is 16.4. The summed E-state index contributed by atoms with van der Waals surface area (Å²) in [6, 6.07) is 4.26. The second kappa shape index (κ2) is 9.03. The summed E-state index contributed by atoms with van der Waals surface area (Å²) in [7, 11) is 1.68. The number of carbonyl (C=O) groups is 2. The lowest BCUT2D eigenvalue weighted by Gasteiger charge is -2.34. The largest absolute Gasteiger partial charge is 0.387 e. The monoisotopic (exact) mass is 388 g/mol. The summed E-state index contributed by atoms with van der Waals surface area (Å²) in [5, 5.41) is 14.0. The van der Waals surface area contributed by atoms with Crippen molar-refractivity contribution in [2.45, 2.75) is 38.5 Å². The number of nitro benzene ring substituents is 1. The van der Waals surface area contributed by atoms with E-state index in [1.165, 1.54) is 25.0 Å². The number of hydrogen-bond acceptors (Lipinski definition) is 5. The van der Waals surface area contributed by atoms with Gasteiger partial charge in [-0.1, -0.05) is 12.8 Å². The van der Waals surface area contributed by atoms with Crippen LogP contribution in [0.2, 0.25) is 0 Å². The third kappa shape index (κ3) is 4.43. The summed E-state index contributed by atoms with van der Waals surface area (Å²) in [4.78, 5) is 40.0. The maximum absolute atomic E-state index is 12.9. The third-order valence-corrected chi connectivity index (χ3v) is 5.76. The molecule has 0 bridgehead atoms. The lowest BCUT2D eigenvalue weighted by atomic mass is 9.94. The third-order valence-electron chi connectivity index (χ3n) is 5.76. The molecule has 28 heavy (non-hydrogen) atoms. The summed E-state index contributed by atoms with van der Waals surface area (Å²) in [6.07, 6.45) is 5.81. The van der Waals surface area contributed by atoms with Crippen LogP contribution in [-0.2, 0) is 4.79 Å². The van der Waals surface area contributed by atoms with Gasteiger partial charge in [-0.15, -0.1) is 0 Å². The molecule has 0 aliphatic carbocycles. The van der Waals surface area contributed by atoms with Gasteiger partial charge in [0, 0.05) is 57.0 Å². The number of anilines is 1. The van der Waals surface area contributed by atoms with E-state index in [2.05, 4.69) is 5.32 Å². The molecule has 2 fully saturated rings. The molecular formula is C20H28N4O4. The molecule has 1 aromatic rings. The van der Waals surface area contributed by atoms with E-state index < -0.39 is 4.92 Å². The van der Waals surface area contributed by atoms with Crippen molar-refractivity contribution in [1.82, 2.24) is 9.80 Å². The van der Waals surface area contributed by atoms with Crippen molar-refractivity contribution in [1.29, 1.82) is 0 Å². The fourth-order valence-electron chi connectivity index (χ4n) is 4.09. The molecule has 0 unspecified atom stereocenters. The fourth-order valence-corrected chi connectivity index (χ4v) is 4.09. The van der Waals surface area contributed by atoms with Gasteiger partial charge in [0.25, 0.3) is 11.6 Å². The Morgan fingerprint density at radius 3 is 2.25 bits per heavy atom. The minimum atomic E-state index is -0.498. The first-order valence-electron chi connectivity index (χ1n) is 10.1. The molecule has 0 aromatic heterocycles. The van der Waals surface area contributed by atoms with Crippen molar-refractivity contribution in [3.05, 3.63) is 33.9 Å². The van der Waals surface area contributed by atoms with Gasteiger partial charge in [0.15, 0.2) is 0 Å². The molecule has 0 radical (unpaired) electrons. The van der Waals surface area contributed by atoms with Crippen LogP contribution in [0.15, 0.2) is 18.2 Å². The zero-order chi connectivity index (χ0) is 20.1. The quantitative estimate of drug-likeness (QED) is 0.632. The van der Waals surface area contributed by atoms with Crippen LogP contribution in [0.25, 0.3) is 0 Å². The van der Waals surface area contributed by atoms with Crippen LogP contribution >= 0.6 is 0 Å². The number of nitrogens with zero attached hydrogens (tertiary/aromatic N) is 3. The predicted octanol–water partition coefficient (Wildman–Crippen LogP) is 2.89. The average Bonchev–Trinajstić information content (AvgIpc) is 3.02. The van der Waals surface area contributed by atoms with Crippen LogP contribution in [0, 0.1) is 16.0 Å². The summed E-state index contributed by atoms with van der Waals surface area (Å²) < 4.78 is 0. The van der Waals surface area contributed by atoms with Gasteiger partial charge in [-0.05, 0) is 31.7 Å². The fraction of sp³-hybridized carbons (Fsp3) is 0.600. The van der Waals surface area contributed by atoms with E-state index in [0.29, 0.717) is 37.2 Å². The molecule has 1 N–H and O–H groups in total. The van der Waals surface area contributed by atoms with E-state index >= 15 is 0 Å². The summed E-state index contributed by atoms with van der Waals surface area (Å²) >= 11 is 0. The SMILES string of the molecule is CNc1ccc([N+](=O)[O-])cc1C(=O)N1CCC(C(=O)N2CCCCCC2)CC1. The Morgan fingerprint density at radius 1 is 1.04 bits per heavy atom. The number of non-ortho nitro benzene ring substituents is 1. The number of likely N-dealkylation sites (tertiary alicyclic amines) is 2. The first kappa shape index (κ1) is 20.1. The van der Waals surface area contributed by atoms with E-state index in [1.54, 1.807) is 18.0 Å². The van der Waals surface area contributed by atoms with Crippen molar-refractivity contribution in [3.8, 4) is 0 Å². The lowest BCUT2D eigenvalue weighted by Crippen LogP contribution is -2.44. The second-order valence-corrected chi connectivity index (χ2v) is 7.54. The smallest absolute Gasteiger partial charge is 0.270 e. The van der Waals surface area contributed by atoms with Gasteiger partial charge in [0.05, 0.1) is 10.5 Å². The molecule has 2 saturated heterocycles. The Bertz CT molecular complexity index is 736. The minimum absolute atomic E-state index is 0.0315. The summed E-state index contributed by atoms with van der Waals surface area (Å²) in [5.41, 5.74) is 0.765. The van der Waals surface area contributed by atoms with Gasteiger partial charge >= 0.3 is 0 Å². The molecule has 2 amide bonds. The van der Waals surface area contributed by atoms with E-state index in [1.807, 2.05) is 4.90 Å². The highest BCUT2D eigenvalue weighted by atomic mass is 16.6. The van der Waals surface area contributed by atoms with Crippen LogP contribution in [0.4, 0.5) is 11.4 Å². The second-order valence-electron chi connectivity index (χ2n) is 7.54. The van der Waals surface area contributed by atoms with Gasteiger partial charge in [0.1, 0.15) is 0 Å². The van der Waals surface area contributed by atoms with Crippen molar-refractivity contribution < 1.29 is 14.5 Å². The molecule has 0 spiro atoms. The predicted molar refractivity (Wildman–Crippen MR) is 106 cm³/mol. The number of rotatable bonds is 4. The maximum Gasteiger partial charge on any atom is 0.270 e. The Labute approximate surface area is 165 Å². The highest BCUT2D eigenvalue weighted by molar-refractivity contribution is 6.00. The van der Waals surface area contributed by atoms with Crippen LogP contribution in [0.3, 0.4) is 0 Å². The molecule has 8 heteroatoms. The van der Waals surface area contributed by atoms with Gasteiger partial charge < -0.3 is 15.1 Å². The number of amides is 2. The van der Waals surface area contributed by atoms with Gasteiger partial charge in [-0.25, -0.2) is 0 Å². The number of nitrogens with one attached hydrogen (secondary N) is 1. The highest BCUT2D eigenvalue weighted by Gasteiger charge is 2.31. The Kier molecular flexibility index (Phi) is 6.49. The Hall–Kier alpha value is -2.64. The first-order valence-corrected chi connectivity index (χ1v) is 10.1. The van der Waals surface area contributed by atoms with E-state index in [0.717, 1.165) is 25.9 Å². The number of nitro groups is 1. The van der Waals surface area contributed by atoms with Crippen LogP contribution in [0.5, 0.6) is 0 Å². The normalized spacial score (nSPS) is 18.5. The lowest BCUT2D eigenvalue weighted by molar-refractivity contribution is -0.384. The molecule has 1 aromatic carbocycles. The molecule has 2 aliphatic heterocycles. The summed E-state index contributed by atoms with van der Waals surface area (Å²) in [6.45, 7) is 2.68.